The second-order valence-electron chi connectivity index (χ2n) is 5.10. The molecule has 0 spiro atoms. The van der Waals surface area contributed by atoms with Gasteiger partial charge in [0.2, 0.25) is 5.15 Å². The molecule has 0 fully saturated rings. The highest BCUT2D eigenvalue weighted by atomic mass is 35.5. The number of rotatable bonds is 6. The van der Waals surface area contributed by atoms with Gasteiger partial charge in [0.1, 0.15) is 5.56 Å². The van der Waals surface area contributed by atoms with E-state index in [9.17, 15) is 14.9 Å². The summed E-state index contributed by atoms with van der Waals surface area (Å²) in [6.45, 7) is 6.07. The van der Waals surface area contributed by atoms with Gasteiger partial charge in [-0.3, -0.25) is 14.9 Å². The quantitative estimate of drug-likeness (QED) is 0.496. The Hall–Kier alpha value is -1.69. The van der Waals surface area contributed by atoms with Gasteiger partial charge in [-0.1, -0.05) is 25.4 Å². The van der Waals surface area contributed by atoms with Gasteiger partial charge < -0.3 is 5.32 Å². The van der Waals surface area contributed by atoms with Gasteiger partial charge in [-0.05, 0) is 31.7 Å². The second kappa shape index (κ2) is 7.19. The van der Waals surface area contributed by atoms with Crippen LogP contribution in [0.15, 0.2) is 12.3 Å². The first-order valence-corrected chi connectivity index (χ1v) is 6.80. The van der Waals surface area contributed by atoms with Crippen molar-refractivity contribution in [3.63, 3.8) is 0 Å². The Morgan fingerprint density at radius 2 is 2.10 bits per heavy atom. The molecule has 20 heavy (non-hydrogen) atoms. The van der Waals surface area contributed by atoms with Gasteiger partial charge in [0.15, 0.2) is 0 Å². The van der Waals surface area contributed by atoms with Crippen LogP contribution >= 0.6 is 11.6 Å². The van der Waals surface area contributed by atoms with Crippen LogP contribution in [0.25, 0.3) is 0 Å². The van der Waals surface area contributed by atoms with E-state index in [2.05, 4.69) is 24.1 Å². The van der Waals surface area contributed by atoms with Gasteiger partial charge in [-0.15, -0.1) is 0 Å². The van der Waals surface area contributed by atoms with Crippen LogP contribution in [-0.4, -0.2) is 21.9 Å². The van der Waals surface area contributed by atoms with Crippen molar-refractivity contribution in [2.45, 2.75) is 39.7 Å². The molecule has 110 valence electrons. The molecule has 0 aliphatic carbocycles. The summed E-state index contributed by atoms with van der Waals surface area (Å²) in [6.07, 6.45) is 3.07. The van der Waals surface area contributed by atoms with Crippen molar-refractivity contribution < 1.29 is 9.72 Å². The first-order valence-electron chi connectivity index (χ1n) is 6.42. The van der Waals surface area contributed by atoms with Gasteiger partial charge in [-0.25, -0.2) is 4.98 Å². The Labute approximate surface area is 122 Å². The van der Waals surface area contributed by atoms with Crippen molar-refractivity contribution in [3.8, 4) is 0 Å². The lowest BCUT2D eigenvalue weighted by molar-refractivity contribution is -0.385. The maximum Gasteiger partial charge on any atom is 0.319 e. The number of halogens is 1. The van der Waals surface area contributed by atoms with E-state index >= 15 is 0 Å². The van der Waals surface area contributed by atoms with E-state index in [4.69, 9.17) is 11.6 Å². The van der Waals surface area contributed by atoms with Gasteiger partial charge in [-0.2, -0.15) is 0 Å². The summed E-state index contributed by atoms with van der Waals surface area (Å²) >= 11 is 5.67. The molecule has 1 N–H and O–H groups in total. The van der Waals surface area contributed by atoms with Gasteiger partial charge in [0.25, 0.3) is 5.91 Å². The number of nitro groups is 1. The fourth-order valence-electron chi connectivity index (χ4n) is 1.74. The zero-order valence-electron chi connectivity index (χ0n) is 11.7. The Kier molecular flexibility index (Phi) is 5.88. The number of nitrogens with zero attached hydrogens (tertiary/aromatic N) is 2. The summed E-state index contributed by atoms with van der Waals surface area (Å²) in [7, 11) is 0. The molecule has 0 aliphatic rings. The Balaban J connectivity index is 2.83. The van der Waals surface area contributed by atoms with Crippen LogP contribution in [0.5, 0.6) is 0 Å². The number of aromatic nitrogens is 1. The fraction of sp³-hybridized carbons (Fsp3) is 0.538. The van der Waals surface area contributed by atoms with Crippen molar-refractivity contribution in [1.29, 1.82) is 0 Å². The molecule has 0 radical (unpaired) electrons. The van der Waals surface area contributed by atoms with Gasteiger partial charge >= 0.3 is 5.69 Å². The Morgan fingerprint density at radius 3 is 2.65 bits per heavy atom. The van der Waals surface area contributed by atoms with E-state index in [0.29, 0.717) is 5.92 Å². The average Bonchev–Trinajstić information content (AvgIpc) is 2.35. The van der Waals surface area contributed by atoms with Crippen LogP contribution in [0.1, 0.15) is 44.0 Å². The van der Waals surface area contributed by atoms with E-state index in [1.54, 1.807) is 0 Å². The molecular weight excluding hydrogens is 282 g/mol. The highest BCUT2D eigenvalue weighted by Gasteiger charge is 2.25. The Morgan fingerprint density at radius 1 is 1.45 bits per heavy atom. The molecule has 1 rings (SSSR count). The summed E-state index contributed by atoms with van der Waals surface area (Å²) in [5.41, 5.74) is -0.519. The van der Waals surface area contributed by atoms with Gasteiger partial charge in [0.05, 0.1) is 4.92 Å². The van der Waals surface area contributed by atoms with Crippen molar-refractivity contribution in [3.05, 3.63) is 33.1 Å². The predicted molar refractivity (Wildman–Crippen MR) is 76.9 cm³/mol. The topological polar surface area (TPSA) is 85.1 Å². The molecule has 1 amide bonds. The summed E-state index contributed by atoms with van der Waals surface area (Å²) in [4.78, 5) is 26.0. The largest absolute Gasteiger partial charge is 0.349 e. The van der Waals surface area contributed by atoms with Crippen molar-refractivity contribution in [2.24, 2.45) is 5.92 Å². The highest BCUT2D eigenvalue weighted by Crippen LogP contribution is 2.26. The molecule has 0 aliphatic heterocycles. The minimum Gasteiger partial charge on any atom is -0.349 e. The van der Waals surface area contributed by atoms with Crippen molar-refractivity contribution in [1.82, 2.24) is 10.3 Å². The lowest BCUT2D eigenvalue weighted by atomic mass is 10.0. The van der Waals surface area contributed by atoms with Crippen LogP contribution in [0, 0.1) is 16.0 Å². The van der Waals surface area contributed by atoms with Crippen LogP contribution in [0.2, 0.25) is 5.15 Å². The molecule has 1 aromatic rings. The van der Waals surface area contributed by atoms with E-state index in [1.165, 1.54) is 12.3 Å². The maximum atomic E-state index is 12.1. The standard InChI is InChI=1S/C13H18ClN3O3/c1-8(2)4-5-9(3)16-13(18)10-6-7-15-12(14)11(10)17(19)20/h6-9H,4-5H2,1-3H3,(H,16,18). The molecule has 0 bridgehead atoms. The minimum absolute atomic E-state index is 0.0588. The first-order chi connectivity index (χ1) is 9.32. The number of carbonyl (C=O) groups is 1. The maximum absolute atomic E-state index is 12.1. The minimum atomic E-state index is -0.691. The van der Waals surface area contributed by atoms with E-state index < -0.39 is 16.5 Å². The van der Waals surface area contributed by atoms with E-state index in [-0.39, 0.29) is 16.8 Å². The van der Waals surface area contributed by atoms with Crippen molar-refractivity contribution >= 4 is 23.2 Å². The average molecular weight is 300 g/mol. The summed E-state index contributed by atoms with van der Waals surface area (Å²) < 4.78 is 0. The summed E-state index contributed by atoms with van der Waals surface area (Å²) in [6, 6.07) is 1.24. The van der Waals surface area contributed by atoms with Crippen LogP contribution in [0.4, 0.5) is 5.69 Å². The molecule has 1 aromatic heterocycles. The smallest absolute Gasteiger partial charge is 0.319 e. The molecule has 0 saturated heterocycles. The zero-order valence-corrected chi connectivity index (χ0v) is 12.5. The third-order valence-corrected chi connectivity index (χ3v) is 3.14. The van der Waals surface area contributed by atoms with Crippen LogP contribution in [0.3, 0.4) is 0 Å². The lowest BCUT2D eigenvalue weighted by Crippen LogP contribution is -2.33. The number of carbonyl (C=O) groups excluding carboxylic acids is 1. The Bertz CT molecular complexity index is 506. The molecule has 0 saturated carbocycles. The number of nitrogens with one attached hydrogen (secondary N) is 1. The van der Waals surface area contributed by atoms with Crippen molar-refractivity contribution in [2.75, 3.05) is 0 Å². The van der Waals surface area contributed by atoms with E-state index in [0.717, 1.165) is 12.8 Å². The molecule has 6 nitrogen and oxygen atoms in total. The van der Waals surface area contributed by atoms with Crippen LogP contribution < -0.4 is 5.32 Å². The third kappa shape index (κ3) is 4.45. The SMILES string of the molecule is CC(C)CCC(C)NC(=O)c1ccnc(Cl)c1[N+](=O)[O-]. The highest BCUT2D eigenvalue weighted by molar-refractivity contribution is 6.32. The number of hydrogen-bond donors (Lipinski definition) is 1. The molecule has 1 heterocycles. The molecule has 0 aromatic carbocycles. The molecule has 1 unspecified atom stereocenters. The predicted octanol–water partition coefficient (Wildman–Crippen LogP) is 3.20. The summed E-state index contributed by atoms with van der Waals surface area (Å²) in [5, 5.41) is 13.4. The molecule has 7 heteroatoms. The first kappa shape index (κ1) is 16.4. The zero-order chi connectivity index (χ0) is 15.3. The number of pyridine rings is 1. The van der Waals surface area contributed by atoms with Gasteiger partial charge in [0, 0.05) is 12.2 Å². The summed E-state index contributed by atoms with van der Waals surface area (Å²) in [5.74, 6) is 0.0383. The molecular formula is C13H18ClN3O3. The number of hydrogen-bond acceptors (Lipinski definition) is 4. The monoisotopic (exact) mass is 299 g/mol. The fourth-order valence-corrected chi connectivity index (χ4v) is 1.97. The van der Waals surface area contributed by atoms with E-state index in [1.807, 2.05) is 6.92 Å². The lowest BCUT2D eigenvalue weighted by Gasteiger charge is -2.15. The van der Waals surface area contributed by atoms with Crippen LogP contribution in [-0.2, 0) is 0 Å². The third-order valence-electron chi connectivity index (χ3n) is 2.86. The number of amides is 1. The molecule has 1 atom stereocenters. The second-order valence-corrected chi connectivity index (χ2v) is 5.46. The normalized spacial score (nSPS) is 12.2.